The Morgan fingerprint density at radius 1 is 1.24 bits per heavy atom. The molecular formula is C15H15NO4S. The van der Waals surface area contributed by atoms with Gasteiger partial charge in [-0.15, -0.1) is 11.3 Å². The van der Waals surface area contributed by atoms with E-state index in [-0.39, 0.29) is 23.1 Å². The Hall–Kier alpha value is -2.34. The van der Waals surface area contributed by atoms with E-state index in [4.69, 9.17) is 9.84 Å². The highest BCUT2D eigenvalue weighted by molar-refractivity contribution is 7.12. The van der Waals surface area contributed by atoms with Crippen LogP contribution < -0.4 is 10.1 Å². The van der Waals surface area contributed by atoms with E-state index in [1.807, 2.05) is 31.2 Å². The van der Waals surface area contributed by atoms with Crippen LogP contribution in [0, 0.1) is 6.92 Å². The Labute approximate surface area is 126 Å². The number of aromatic carboxylic acids is 1. The molecule has 21 heavy (non-hydrogen) atoms. The molecule has 110 valence electrons. The van der Waals surface area contributed by atoms with Gasteiger partial charge in [0.1, 0.15) is 5.75 Å². The molecule has 0 atom stereocenters. The average Bonchev–Trinajstić information content (AvgIpc) is 2.93. The largest absolute Gasteiger partial charge is 0.482 e. The fourth-order valence-corrected chi connectivity index (χ4v) is 2.34. The van der Waals surface area contributed by atoms with Gasteiger partial charge in [0, 0.05) is 6.54 Å². The van der Waals surface area contributed by atoms with E-state index in [0.29, 0.717) is 6.54 Å². The van der Waals surface area contributed by atoms with Crippen LogP contribution in [0.25, 0.3) is 0 Å². The summed E-state index contributed by atoms with van der Waals surface area (Å²) in [6.45, 7) is 2.21. The molecule has 1 aromatic heterocycles. The van der Waals surface area contributed by atoms with Gasteiger partial charge in [0.05, 0.1) is 0 Å². The molecule has 0 aliphatic rings. The van der Waals surface area contributed by atoms with Gasteiger partial charge in [-0.1, -0.05) is 29.8 Å². The van der Waals surface area contributed by atoms with Crippen molar-refractivity contribution < 1.29 is 19.4 Å². The molecule has 1 aromatic carbocycles. The van der Waals surface area contributed by atoms with E-state index in [0.717, 1.165) is 22.5 Å². The van der Waals surface area contributed by atoms with Crippen LogP contribution in [0.15, 0.2) is 35.7 Å². The minimum absolute atomic E-state index is 0.0985. The molecule has 0 fully saturated rings. The van der Waals surface area contributed by atoms with Crippen LogP contribution >= 0.6 is 11.3 Å². The minimum atomic E-state index is -1.06. The van der Waals surface area contributed by atoms with Crippen molar-refractivity contribution in [3.8, 4) is 5.75 Å². The van der Waals surface area contributed by atoms with Crippen LogP contribution in [0.2, 0.25) is 0 Å². The summed E-state index contributed by atoms with van der Waals surface area (Å²) in [5, 5.41) is 13.3. The van der Waals surface area contributed by atoms with Crippen molar-refractivity contribution in [1.29, 1.82) is 0 Å². The third-order valence-electron chi connectivity index (χ3n) is 2.79. The molecule has 2 aromatic rings. The lowest BCUT2D eigenvalue weighted by molar-refractivity contribution is -0.123. The van der Waals surface area contributed by atoms with E-state index in [1.165, 1.54) is 0 Å². The SMILES string of the molecule is Cc1ccc(CNC(=O)COc2ccsc2C(=O)O)cc1. The topological polar surface area (TPSA) is 75.6 Å². The summed E-state index contributed by atoms with van der Waals surface area (Å²) in [5.41, 5.74) is 2.16. The second kappa shape index (κ2) is 6.90. The molecule has 0 unspecified atom stereocenters. The molecule has 1 amide bonds. The van der Waals surface area contributed by atoms with Gasteiger partial charge >= 0.3 is 5.97 Å². The number of carbonyl (C=O) groups is 2. The number of carboxylic acid groups (broad SMARTS) is 1. The second-order valence-corrected chi connectivity index (χ2v) is 5.39. The molecule has 5 nitrogen and oxygen atoms in total. The number of nitrogens with one attached hydrogen (secondary N) is 1. The number of ether oxygens (including phenoxy) is 1. The van der Waals surface area contributed by atoms with Gasteiger partial charge in [-0.25, -0.2) is 4.79 Å². The maximum absolute atomic E-state index is 11.7. The molecule has 1 heterocycles. The van der Waals surface area contributed by atoms with Gasteiger partial charge in [0.2, 0.25) is 0 Å². The molecule has 0 aliphatic heterocycles. The van der Waals surface area contributed by atoms with Crippen LogP contribution in [0.5, 0.6) is 5.75 Å². The van der Waals surface area contributed by atoms with Crippen molar-refractivity contribution in [3.05, 3.63) is 51.7 Å². The zero-order chi connectivity index (χ0) is 15.2. The van der Waals surface area contributed by atoms with E-state index >= 15 is 0 Å². The summed E-state index contributed by atoms with van der Waals surface area (Å²) in [6, 6.07) is 9.38. The fourth-order valence-electron chi connectivity index (χ4n) is 1.67. The Morgan fingerprint density at radius 3 is 2.62 bits per heavy atom. The first kappa shape index (κ1) is 15.1. The maximum atomic E-state index is 11.7. The van der Waals surface area contributed by atoms with Crippen molar-refractivity contribution in [3.63, 3.8) is 0 Å². The molecule has 0 radical (unpaired) electrons. The number of benzene rings is 1. The number of hydrogen-bond donors (Lipinski definition) is 2. The van der Waals surface area contributed by atoms with E-state index in [9.17, 15) is 9.59 Å². The van der Waals surface area contributed by atoms with E-state index < -0.39 is 5.97 Å². The predicted octanol–water partition coefficient (Wildman–Crippen LogP) is 2.45. The summed E-state index contributed by atoms with van der Waals surface area (Å²) in [7, 11) is 0. The van der Waals surface area contributed by atoms with Crippen molar-refractivity contribution in [2.75, 3.05) is 6.61 Å². The Bertz CT molecular complexity index is 633. The number of thiophene rings is 1. The molecule has 0 bridgehead atoms. The molecule has 2 rings (SSSR count). The number of hydrogen-bond acceptors (Lipinski definition) is 4. The molecule has 2 N–H and O–H groups in total. The highest BCUT2D eigenvalue weighted by Gasteiger charge is 2.14. The van der Waals surface area contributed by atoms with Crippen molar-refractivity contribution in [2.45, 2.75) is 13.5 Å². The standard InChI is InChI=1S/C15H15NO4S/c1-10-2-4-11(5-3-10)8-16-13(17)9-20-12-6-7-21-14(12)15(18)19/h2-7H,8-9H2,1H3,(H,16,17)(H,18,19). The van der Waals surface area contributed by atoms with Gasteiger partial charge in [-0.05, 0) is 23.9 Å². The minimum Gasteiger partial charge on any atom is -0.482 e. The second-order valence-electron chi connectivity index (χ2n) is 4.47. The van der Waals surface area contributed by atoms with Gasteiger partial charge in [-0.3, -0.25) is 4.79 Å². The summed E-state index contributed by atoms with van der Waals surface area (Å²) in [4.78, 5) is 22.7. The summed E-state index contributed by atoms with van der Waals surface area (Å²) >= 11 is 1.06. The Morgan fingerprint density at radius 2 is 1.95 bits per heavy atom. The van der Waals surface area contributed by atoms with Crippen LogP contribution in [-0.2, 0) is 11.3 Å². The van der Waals surface area contributed by atoms with Gasteiger partial charge in [0.15, 0.2) is 11.5 Å². The van der Waals surface area contributed by atoms with Crippen LogP contribution in [0.3, 0.4) is 0 Å². The number of aryl methyl sites for hydroxylation is 1. The number of carbonyl (C=O) groups excluding carboxylic acids is 1. The van der Waals surface area contributed by atoms with Gasteiger partial charge in [-0.2, -0.15) is 0 Å². The highest BCUT2D eigenvalue weighted by Crippen LogP contribution is 2.24. The smallest absolute Gasteiger partial charge is 0.349 e. The third kappa shape index (κ3) is 4.32. The highest BCUT2D eigenvalue weighted by atomic mass is 32.1. The third-order valence-corrected chi connectivity index (χ3v) is 3.68. The van der Waals surface area contributed by atoms with Crippen molar-refractivity contribution in [1.82, 2.24) is 5.32 Å². The lowest BCUT2D eigenvalue weighted by Crippen LogP contribution is -2.28. The van der Waals surface area contributed by atoms with Crippen molar-refractivity contribution in [2.24, 2.45) is 0 Å². The monoisotopic (exact) mass is 305 g/mol. The van der Waals surface area contributed by atoms with E-state index in [2.05, 4.69) is 5.32 Å². The maximum Gasteiger partial charge on any atom is 0.349 e. The zero-order valence-electron chi connectivity index (χ0n) is 11.5. The van der Waals surface area contributed by atoms with Crippen LogP contribution in [-0.4, -0.2) is 23.6 Å². The Balaban J connectivity index is 1.81. The Kier molecular flexibility index (Phi) is 4.94. The average molecular weight is 305 g/mol. The summed E-state index contributed by atoms with van der Waals surface area (Å²) < 4.78 is 5.23. The lowest BCUT2D eigenvalue weighted by atomic mass is 10.1. The fraction of sp³-hybridized carbons (Fsp3) is 0.200. The molecule has 6 heteroatoms. The quantitative estimate of drug-likeness (QED) is 0.859. The number of amides is 1. The van der Waals surface area contributed by atoms with Gasteiger partial charge in [0.25, 0.3) is 5.91 Å². The molecule has 0 spiro atoms. The number of rotatable bonds is 6. The zero-order valence-corrected chi connectivity index (χ0v) is 12.3. The first-order valence-electron chi connectivity index (χ1n) is 6.32. The summed E-state index contributed by atoms with van der Waals surface area (Å²) in [6.07, 6.45) is 0. The lowest BCUT2D eigenvalue weighted by Gasteiger charge is -2.07. The van der Waals surface area contributed by atoms with E-state index in [1.54, 1.807) is 11.4 Å². The summed E-state index contributed by atoms with van der Waals surface area (Å²) in [5.74, 6) is -1.13. The number of carboxylic acids is 1. The first-order valence-corrected chi connectivity index (χ1v) is 7.20. The van der Waals surface area contributed by atoms with Crippen LogP contribution in [0.4, 0.5) is 0 Å². The van der Waals surface area contributed by atoms with Crippen LogP contribution in [0.1, 0.15) is 20.8 Å². The predicted molar refractivity (Wildman–Crippen MR) is 79.8 cm³/mol. The molecule has 0 aliphatic carbocycles. The van der Waals surface area contributed by atoms with Crippen molar-refractivity contribution >= 4 is 23.2 Å². The molecule has 0 saturated carbocycles. The normalized spacial score (nSPS) is 10.1. The first-order chi connectivity index (χ1) is 10.1. The van der Waals surface area contributed by atoms with Gasteiger partial charge < -0.3 is 15.2 Å². The molecular weight excluding hydrogens is 290 g/mol. The molecule has 0 saturated heterocycles.